The Morgan fingerprint density at radius 2 is 1.54 bits per heavy atom. The van der Waals surface area contributed by atoms with Crippen LogP contribution in [-0.4, -0.2) is 50.5 Å². The van der Waals surface area contributed by atoms with Gasteiger partial charge < -0.3 is 29.7 Å². The first-order chi connectivity index (χ1) is 13.2. The maximum absolute atomic E-state index is 12.1. The van der Waals surface area contributed by atoms with Gasteiger partial charge in [0.25, 0.3) is 0 Å². The van der Waals surface area contributed by atoms with E-state index in [1.165, 1.54) is 28.1 Å². The molecule has 3 N–H and O–H groups in total. The first-order valence-electron chi connectivity index (χ1n) is 8.46. The molecule has 1 aromatic carbocycles. The van der Waals surface area contributed by atoms with Crippen molar-refractivity contribution in [2.75, 3.05) is 20.5 Å². The number of rotatable bonds is 10. The summed E-state index contributed by atoms with van der Waals surface area (Å²) >= 11 is 0. The molecule has 1 rings (SSSR count). The van der Waals surface area contributed by atoms with Crippen molar-refractivity contribution in [1.82, 2.24) is 16.0 Å². The molecule has 0 bridgehead atoms. The molecule has 10 nitrogen and oxygen atoms in total. The van der Waals surface area contributed by atoms with E-state index in [4.69, 9.17) is 13.8 Å². The number of carbonyl (C=O) groups is 3. The Morgan fingerprint density at radius 1 is 0.964 bits per heavy atom. The van der Waals surface area contributed by atoms with Crippen LogP contribution >= 0.6 is 7.60 Å². The lowest BCUT2D eigenvalue weighted by Gasteiger charge is -2.19. The summed E-state index contributed by atoms with van der Waals surface area (Å²) in [5, 5.41) is 7.19. The van der Waals surface area contributed by atoms with Gasteiger partial charge in [-0.05, 0) is 19.4 Å². The van der Waals surface area contributed by atoms with Crippen molar-refractivity contribution in [3.8, 4) is 0 Å². The van der Waals surface area contributed by atoms with Crippen molar-refractivity contribution in [2.24, 2.45) is 0 Å². The first-order valence-corrected chi connectivity index (χ1v) is 10.2. The Bertz CT molecular complexity index is 706. The summed E-state index contributed by atoms with van der Waals surface area (Å²) < 4.78 is 26.3. The van der Waals surface area contributed by atoms with E-state index >= 15 is 0 Å². The second kappa shape index (κ2) is 11.4. The number of nitrogens with one attached hydrogen (secondary N) is 3. The molecular weight excluding hydrogens is 389 g/mol. The summed E-state index contributed by atoms with van der Waals surface area (Å²) in [5.41, 5.74) is 0.810. The number of ether oxygens (including phenoxy) is 1. The lowest BCUT2D eigenvalue weighted by atomic mass is 10.2. The fraction of sp³-hybridized carbons (Fsp3) is 0.471. The van der Waals surface area contributed by atoms with E-state index < -0.39 is 37.6 Å². The molecule has 11 heteroatoms. The normalized spacial score (nSPS) is 13.1. The van der Waals surface area contributed by atoms with Crippen molar-refractivity contribution in [2.45, 2.75) is 32.5 Å². The molecule has 28 heavy (non-hydrogen) atoms. The molecule has 1 aromatic rings. The fourth-order valence-corrected chi connectivity index (χ4v) is 2.70. The van der Waals surface area contributed by atoms with Crippen LogP contribution in [0.5, 0.6) is 0 Å². The smallest absolute Gasteiger partial charge is 0.408 e. The van der Waals surface area contributed by atoms with Crippen molar-refractivity contribution < 1.29 is 32.7 Å². The van der Waals surface area contributed by atoms with Gasteiger partial charge in [-0.1, -0.05) is 30.3 Å². The average molecular weight is 415 g/mol. The minimum atomic E-state index is -3.40. The van der Waals surface area contributed by atoms with Crippen LogP contribution in [0.1, 0.15) is 19.4 Å². The maximum Gasteiger partial charge on any atom is 0.408 e. The van der Waals surface area contributed by atoms with Crippen LogP contribution in [0.25, 0.3) is 0 Å². The zero-order valence-corrected chi connectivity index (χ0v) is 17.2. The Balaban J connectivity index is 2.40. The van der Waals surface area contributed by atoms with E-state index in [0.29, 0.717) is 0 Å². The molecule has 0 saturated carbocycles. The van der Waals surface area contributed by atoms with Crippen LogP contribution in [0.3, 0.4) is 0 Å². The first kappa shape index (κ1) is 23.6. The van der Waals surface area contributed by atoms with Gasteiger partial charge >= 0.3 is 13.7 Å². The van der Waals surface area contributed by atoms with Crippen LogP contribution < -0.4 is 16.0 Å². The molecular formula is C17H26N3O7P. The van der Waals surface area contributed by atoms with Gasteiger partial charge in [0, 0.05) is 14.2 Å². The second-order valence-electron chi connectivity index (χ2n) is 5.83. The monoisotopic (exact) mass is 415 g/mol. The predicted octanol–water partition coefficient (Wildman–Crippen LogP) is 1.37. The highest BCUT2D eigenvalue weighted by molar-refractivity contribution is 7.53. The molecule has 0 spiro atoms. The molecule has 0 aliphatic carbocycles. The van der Waals surface area contributed by atoms with Gasteiger partial charge in [0.05, 0.1) is 0 Å². The van der Waals surface area contributed by atoms with Crippen molar-refractivity contribution in [3.05, 3.63) is 35.9 Å². The summed E-state index contributed by atoms with van der Waals surface area (Å²) in [5.74, 6) is -1.16. The third kappa shape index (κ3) is 8.08. The van der Waals surface area contributed by atoms with Crippen LogP contribution in [0.15, 0.2) is 30.3 Å². The summed E-state index contributed by atoms with van der Waals surface area (Å²) in [6.45, 7) is 2.96. The van der Waals surface area contributed by atoms with Crippen molar-refractivity contribution in [1.29, 1.82) is 0 Å². The van der Waals surface area contributed by atoms with E-state index in [0.717, 1.165) is 5.56 Å². The molecule has 0 fully saturated rings. The van der Waals surface area contributed by atoms with E-state index in [1.807, 2.05) is 18.2 Å². The van der Waals surface area contributed by atoms with E-state index in [1.54, 1.807) is 12.1 Å². The molecule has 0 radical (unpaired) electrons. The van der Waals surface area contributed by atoms with Gasteiger partial charge in [0.1, 0.15) is 25.0 Å². The summed E-state index contributed by atoms with van der Waals surface area (Å²) in [4.78, 5) is 35.9. The van der Waals surface area contributed by atoms with Crippen LogP contribution in [0.4, 0.5) is 4.79 Å². The molecule has 0 aliphatic heterocycles. The summed E-state index contributed by atoms with van der Waals surface area (Å²) in [7, 11) is -0.998. The van der Waals surface area contributed by atoms with Crippen LogP contribution in [-0.2, 0) is 34.5 Å². The highest BCUT2D eigenvalue weighted by atomic mass is 31.2. The summed E-state index contributed by atoms with van der Waals surface area (Å²) in [6, 6.07) is 7.22. The number of alkyl carbamates (subject to hydrolysis) is 1. The quantitative estimate of drug-likeness (QED) is 0.492. The molecule has 0 aromatic heterocycles. The largest absolute Gasteiger partial charge is 0.445 e. The third-order valence-electron chi connectivity index (χ3n) is 3.70. The lowest BCUT2D eigenvalue weighted by molar-refractivity contribution is -0.129. The van der Waals surface area contributed by atoms with E-state index in [-0.39, 0.29) is 12.9 Å². The number of amides is 3. The SMILES string of the molecule is COP(=O)(CNC(=O)[C@H](C)NC(=O)[C@H](C)NC(=O)OCc1ccccc1)OC. The average Bonchev–Trinajstić information content (AvgIpc) is 2.70. The topological polar surface area (TPSA) is 132 Å². The Morgan fingerprint density at radius 3 is 2.11 bits per heavy atom. The fourth-order valence-electron chi connectivity index (χ4n) is 1.94. The molecule has 0 aliphatic rings. The van der Waals surface area contributed by atoms with E-state index in [9.17, 15) is 18.9 Å². The van der Waals surface area contributed by atoms with Crippen molar-refractivity contribution in [3.63, 3.8) is 0 Å². The maximum atomic E-state index is 12.1. The van der Waals surface area contributed by atoms with Crippen LogP contribution in [0, 0.1) is 0 Å². The lowest BCUT2D eigenvalue weighted by Crippen LogP contribution is -2.51. The minimum Gasteiger partial charge on any atom is -0.445 e. The highest BCUT2D eigenvalue weighted by Crippen LogP contribution is 2.44. The number of hydrogen-bond donors (Lipinski definition) is 3. The standard InChI is InChI=1S/C17H26N3O7P/c1-12(15(21)18-11-28(24,25-3)26-4)19-16(22)13(2)20-17(23)27-10-14-8-6-5-7-9-14/h5-9,12-13H,10-11H2,1-4H3,(H,18,21)(H,19,22)(H,20,23)/t12-,13-/m0/s1. The molecule has 0 saturated heterocycles. The number of carbonyl (C=O) groups excluding carboxylic acids is 3. The molecule has 0 heterocycles. The molecule has 3 amide bonds. The third-order valence-corrected chi connectivity index (χ3v) is 5.35. The Kier molecular flexibility index (Phi) is 9.64. The molecule has 0 unspecified atom stereocenters. The van der Waals surface area contributed by atoms with Crippen molar-refractivity contribution >= 4 is 25.5 Å². The Labute approximate surface area is 163 Å². The van der Waals surface area contributed by atoms with Crippen LogP contribution in [0.2, 0.25) is 0 Å². The van der Waals surface area contributed by atoms with Gasteiger partial charge in [-0.15, -0.1) is 0 Å². The van der Waals surface area contributed by atoms with Gasteiger partial charge in [0.2, 0.25) is 11.8 Å². The van der Waals surface area contributed by atoms with E-state index in [2.05, 4.69) is 16.0 Å². The summed E-state index contributed by atoms with van der Waals surface area (Å²) in [6.07, 6.45) is -1.09. The number of hydrogen-bond acceptors (Lipinski definition) is 7. The second-order valence-corrected chi connectivity index (χ2v) is 8.10. The van der Waals surface area contributed by atoms with Gasteiger partial charge in [-0.25, -0.2) is 4.79 Å². The predicted molar refractivity (Wildman–Crippen MR) is 101 cm³/mol. The Hall–Kier alpha value is -2.42. The minimum absolute atomic E-state index is 0.0683. The zero-order valence-electron chi connectivity index (χ0n) is 16.3. The molecule has 156 valence electrons. The zero-order chi connectivity index (χ0) is 21.2. The van der Waals surface area contributed by atoms with Gasteiger partial charge in [0.15, 0.2) is 0 Å². The molecule has 2 atom stereocenters. The van der Waals surface area contributed by atoms with Gasteiger partial charge in [-0.3, -0.25) is 14.2 Å². The number of benzene rings is 1. The highest BCUT2D eigenvalue weighted by Gasteiger charge is 2.25. The van der Waals surface area contributed by atoms with Gasteiger partial charge in [-0.2, -0.15) is 0 Å².